The summed E-state index contributed by atoms with van der Waals surface area (Å²) in [5, 5.41) is 3.12. The van der Waals surface area contributed by atoms with E-state index < -0.39 is 11.7 Å². The van der Waals surface area contributed by atoms with Gasteiger partial charge in [0.05, 0.1) is 10.7 Å². The van der Waals surface area contributed by atoms with Gasteiger partial charge in [0.1, 0.15) is 5.60 Å². The first-order valence-electron chi connectivity index (χ1n) is 5.29. The summed E-state index contributed by atoms with van der Waals surface area (Å²) in [5.41, 5.74) is 6.48. The van der Waals surface area contributed by atoms with Gasteiger partial charge in [-0.2, -0.15) is 0 Å². The minimum Gasteiger partial charge on any atom is -0.444 e. The highest BCUT2D eigenvalue weighted by molar-refractivity contribution is 6.33. The molecule has 17 heavy (non-hydrogen) atoms. The average molecular weight is 257 g/mol. The first kappa shape index (κ1) is 13.6. The molecule has 1 amide bonds. The van der Waals surface area contributed by atoms with E-state index >= 15 is 0 Å². The summed E-state index contributed by atoms with van der Waals surface area (Å²) in [6.07, 6.45) is -0.453. The smallest absolute Gasteiger partial charge is 0.407 e. The molecule has 0 saturated carbocycles. The quantitative estimate of drug-likeness (QED) is 0.800. The molecule has 0 bridgehead atoms. The van der Waals surface area contributed by atoms with Crippen molar-refractivity contribution in [2.75, 3.05) is 5.73 Å². The zero-order valence-electron chi connectivity index (χ0n) is 10.2. The van der Waals surface area contributed by atoms with Crippen molar-refractivity contribution in [1.29, 1.82) is 0 Å². The third-order valence-corrected chi connectivity index (χ3v) is 2.23. The number of carbonyl (C=O) groups excluding carboxylic acids is 1. The number of alkyl carbamates (subject to hydrolysis) is 1. The first-order chi connectivity index (χ1) is 7.78. The van der Waals surface area contributed by atoms with Crippen molar-refractivity contribution in [3.05, 3.63) is 28.8 Å². The van der Waals surface area contributed by atoms with Crippen LogP contribution in [0.3, 0.4) is 0 Å². The summed E-state index contributed by atoms with van der Waals surface area (Å²) in [5.74, 6) is 0. The number of nitrogen functional groups attached to an aromatic ring is 1. The van der Waals surface area contributed by atoms with Gasteiger partial charge < -0.3 is 15.8 Å². The van der Waals surface area contributed by atoms with Gasteiger partial charge in [-0.15, -0.1) is 0 Å². The standard InChI is InChI=1S/C12H17ClN2O2/c1-12(2,3)17-11(16)15-7-8-4-5-10(14)9(13)6-8/h4-6H,7,14H2,1-3H3,(H,15,16). The number of rotatable bonds is 2. The van der Waals surface area contributed by atoms with E-state index in [1.807, 2.05) is 20.8 Å². The molecule has 0 aliphatic heterocycles. The number of ether oxygens (including phenoxy) is 1. The molecule has 0 spiro atoms. The van der Waals surface area contributed by atoms with E-state index in [0.717, 1.165) is 5.56 Å². The predicted octanol–water partition coefficient (Wildman–Crippen LogP) is 2.95. The summed E-state index contributed by atoms with van der Waals surface area (Å²) in [6, 6.07) is 5.22. The maximum Gasteiger partial charge on any atom is 0.407 e. The Morgan fingerprint density at radius 3 is 2.65 bits per heavy atom. The molecule has 0 atom stereocenters. The fourth-order valence-electron chi connectivity index (χ4n) is 1.17. The maximum absolute atomic E-state index is 11.4. The van der Waals surface area contributed by atoms with Crippen LogP contribution in [0.25, 0.3) is 0 Å². The Labute approximate surface area is 106 Å². The minimum absolute atomic E-state index is 0.356. The Morgan fingerprint density at radius 1 is 1.47 bits per heavy atom. The Balaban J connectivity index is 2.50. The second-order valence-corrected chi connectivity index (χ2v) is 5.12. The second kappa shape index (κ2) is 5.27. The summed E-state index contributed by atoms with van der Waals surface area (Å²) in [7, 11) is 0. The van der Waals surface area contributed by atoms with Crippen LogP contribution in [0.4, 0.5) is 10.5 Å². The van der Waals surface area contributed by atoms with Gasteiger partial charge in [-0.05, 0) is 38.5 Å². The third kappa shape index (κ3) is 4.95. The largest absolute Gasteiger partial charge is 0.444 e. The molecule has 0 heterocycles. The van der Waals surface area contributed by atoms with E-state index in [2.05, 4.69) is 5.32 Å². The molecule has 0 aliphatic carbocycles. The van der Waals surface area contributed by atoms with Crippen LogP contribution in [0, 0.1) is 0 Å². The highest BCUT2D eigenvalue weighted by Crippen LogP contribution is 2.19. The molecular weight excluding hydrogens is 240 g/mol. The molecule has 0 fully saturated rings. The number of anilines is 1. The molecule has 3 N–H and O–H groups in total. The number of amides is 1. The minimum atomic E-state index is -0.497. The van der Waals surface area contributed by atoms with Crippen LogP contribution < -0.4 is 11.1 Å². The summed E-state index contributed by atoms with van der Waals surface area (Å²) in [4.78, 5) is 11.4. The van der Waals surface area contributed by atoms with Crippen molar-refractivity contribution in [3.8, 4) is 0 Å². The molecule has 5 heteroatoms. The van der Waals surface area contributed by atoms with Gasteiger partial charge in [-0.3, -0.25) is 0 Å². The van der Waals surface area contributed by atoms with Crippen LogP contribution in [-0.2, 0) is 11.3 Å². The van der Waals surface area contributed by atoms with Gasteiger partial charge in [0, 0.05) is 6.54 Å². The van der Waals surface area contributed by atoms with Crippen LogP contribution >= 0.6 is 11.6 Å². The number of nitrogens with two attached hydrogens (primary N) is 1. The number of halogens is 1. The Kier molecular flexibility index (Phi) is 4.23. The van der Waals surface area contributed by atoms with Crippen LogP contribution in [-0.4, -0.2) is 11.7 Å². The molecule has 0 aromatic heterocycles. The van der Waals surface area contributed by atoms with E-state index in [-0.39, 0.29) is 0 Å². The maximum atomic E-state index is 11.4. The van der Waals surface area contributed by atoms with Gasteiger partial charge >= 0.3 is 6.09 Å². The van der Waals surface area contributed by atoms with Gasteiger partial charge in [-0.1, -0.05) is 17.7 Å². The Hall–Kier alpha value is -1.42. The van der Waals surface area contributed by atoms with Crippen molar-refractivity contribution in [1.82, 2.24) is 5.32 Å². The average Bonchev–Trinajstić information content (AvgIpc) is 2.17. The summed E-state index contributed by atoms with van der Waals surface area (Å²) in [6.45, 7) is 5.79. The number of carbonyl (C=O) groups is 1. The number of hydrogen-bond acceptors (Lipinski definition) is 3. The first-order valence-corrected chi connectivity index (χ1v) is 5.66. The van der Waals surface area contributed by atoms with Crippen LogP contribution in [0.5, 0.6) is 0 Å². The molecule has 0 aliphatic rings. The lowest BCUT2D eigenvalue weighted by molar-refractivity contribution is 0.0523. The van der Waals surface area contributed by atoms with Gasteiger partial charge in [0.15, 0.2) is 0 Å². The molecule has 0 radical (unpaired) electrons. The van der Waals surface area contributed by atoms with Crippen molar-refractivity contribution in [2.45, 2.75) is 32.9 Å². The van der Waals surface area contributed by atoms with E-state index in [9.17, 15) is 4.79 Å². The molecular formula is C12H17ClN2O2. The van der Waals surface area contributed by atoms with Crippen LogP contribution in [0.15, 0.2) is 18.2 Å². The molecule has 1 rings (SSSR count). The van der Waals surface area contributed by atoms with Crippen LogP contribution in [0.2, 0.25) is 5.02 Å². The normalized spacial score (nSPS) is 11.1. The summed E-state index contributed by atoms with van der Waals surface area (Å²) < 4.78 is 5.11. The Bertz CT molecular complexity index is 413. The van der Waals surface area contributed by atoms with E-state index in [1.54, 1.807) is 18.2 Å². The van der Waals surface area contributed by atoms with Crippen molar-refractivity contribution in [2.24, 2.45) is 0 Å². The molecule has 94 valence electrons. The van der Waals surface area contributed by atoms with E-state index in [4.69, 9.17) is 22.1 Å². The molecule has 0 saturated heterocycles. The third-order valence-electron chi connectivity index (χ3n) is 1.90. The highest BCUT2D eigenvalue weighted by atomic mass is 35.5. The fraction of sp³-hybridized carbons (Fsp3) is 0.417. The van der Waals surface area contributed by atoms with Gasteiger partial charge in [0.25, 0.3) is 0 Å². The monoisotopic (exact) mass is 256 g/mol. The summed E-state index contributed by atoms with van der Waals surface area (Å²) >= 11 is 5.87. The SMILES string of the molecule is CC(C)(C)OC(=O)NCc1ccc(N)c(Cl)c1. The molecule has 4 nitrogen and oxygen atoms in total. The lowest BCUT2D eigenvalue weighted by Gasteiger charge is -2.19. The fourth-order valence-corrected chi connectivity index (χ4v) is 1.37. The molecule has 1 aromatic carbocycles. The van der Waals surface area contributed by atoms with Gasteiger partial charge in [0.2, 0.25) is 0 Å². The van der Waals surface area contributed by atoms with E-state index in [1.165, 1.54) is 0 Å². The van der Waals surface area contributed by atoms with E-state index in [0.29, 0.717) is 17.3 Å². The van der Waals surface area contributed by atoms with Crippen LogP contribution in [0.1, 0.15) is 26.3 Å². The highest BCUT2D eigenvalue weighted by Gasteiger charge is 2.15. The van der Waals surface area contributed by atoms with Crippen molar-refractivity contribution in [3.63, 3.8) is 0 Å². The zero-order valence-corrected chi connectivity index (χ0v) is 11.0. The van der Waals surface area contributed by atoms with Gasteiger partial charge in [-0.25, -0.2) is 4.79 Å². The molecule has 1 aromatic rings. The number of hydrogen-bond donors (Lipinski definition) is 2. The predicted molar refractivity (Wildman–Crippen MR) is 68.9 cm³/mol. The molecule has 0 unspecified atom stereocenters. The lowest BCUT2D eigenvalue weighted by Crippen LogP contribution is -2.32. The lowest BCUT2D eigenvalue weighted by atomic mass is 10.2. The topological polar surface area (TPSA) is 64.3 Å². The number of benzene rings is 1. The second-order valence-electron chi connectivity index (χ2n) is 4.71. The Morgan fingerprint density at radius 2 is 2.12 bits per heavy atom. The van der Waals surface area contributed by atoms with Crippen molar-refractivity contribution < 1.29 is 9.53 Å². The number of nitrogens with one attached hydrogen (secondary N) is 1. The van der Waals surface area contributed by atoms with Crippen molar-refractivity contribution >= 4 is 23.4 Å². The zero-order chi connectivity index (χ0) is 13.1.